The molecule has 0 saturated carbocycles. The molecule has 0 atom stereocenters. The molecule has 1 aromatic heterocycles. The fraction of sp³-hybridized carbons (Fsp3) is 0.800. The Hall–Kier alpha value is -0.830. The number of rotatable bonds is 11. The van der Waals surface area contributed by atoms with Crippen LogP contribution in [0.4, 0.5) is 0 Å². The third-order valence-corrected chi connectivity index (χ3v) is 3.40. The van der Waals surface area contributed by atoms with Gasteiger partial charge in [-0.15, -0.1) is 0 Å². The van der Waals surface area contributed by atoms with Crippen LogP contribution < -0.4 is 4.57 Å². The largest absolute Gasteiger partial charge is 0.396 e. The zero-order chi connectivity index (χ0) is 13.1. The number of aliphatic hydroxyl groups excluding tert-OH is 1. The van der Waals surface area contributed by atoms with Crippen molar-refractivity contribution in [1.29, 1.82) is 0 Å². The molecule has 0 spiro atoms. The average molecular weight is 253 g/mol. The molecule has 0 aliphatic rings. The molecule has 18 heavy (non-hydrogen) atoms. The van der Waals surface area contributed by atoms with Crippen molar-refractivity contribution in [2.45, 2.75) is 64.3 Å². The lowest BCUT2D eigenvalue weighted by molar-refractivity contribution is -0.671. The van der Waals surface area contributed by atoms with Crippen LogP contribution in [0.25, 0.3) is 0 Å². The lowest BCUT2D eigenvalue weighted by atomic mass is 10.1. The van der Waals surface area contributed by atoms with E-state index in [1.165, 1.54) is 51.4 Å². The highest BCUT2D eigenvalue weighted by atomic mass is 16.2. The quantitative estimate of drug-likeness (QED) is 0.477. The summed E-state index contributed by atoms with van der Waals surface area (Å²) >= 11 is 0. The summed E-state index contributed by atoms with van der Waals surface area (Å²) in [6, 6.07) is 0. The lowest BCUT2D eigenvalue weighted by Crippen LogP contribution is -2.23. The van der Waals surface area contributed by atoms with Crippen LogP contribution in [-0.2, 0) is 13.6 Å². The zero-order valence-corrected chi connectivity index (χ0v) is 11.9. The summed E-state index contributed by atoms with van der Waals surface area (Å²) < 4.78 is 4.35. The van der Waals surface area contributed by atoms with Crippen molar-refractivity contribution in [3.05, 3.63) is 18.7 Å². The van der Waals surface area contributed by atoms with Gasteiger partial charge in [0.2, 0.25) is 6.33 Å². The Balaban J connectivity index is 1.81. The first-order valence-electron chi connectivity index (χ1n) is 7.45. The fourth-order valence-electron chi connectivity index (χ4n) is 2.28. The molecule has 3 nitrogen and oxygen atoms in total. The van der Waals surface area contributed by atoms with E-state index in [2.05, 4.69) is 34.9 Å². The highest BCUT2D eigenvalue weighted by molar-refractivity contribution is 4.65. The highest BCUT2D eigenvalue weighted by Crippen LogP contribution is 2.09. The Kier molecular flexibility index (Phi) is 8.57. The van der Waals surface area contributed by atoms with Crippen LogP contribution in [0.2, 0.25) is 0 Å². The van der Waals surface area contributed by atoms with Gasteiger partial charge in [-0.25, -0.2) is 9.13 Å². The molecule has 0 radical (unpaired) electrons. The number of aromatic nitrogens is 2. The molecule has 0 unspecified atom stereocenters. The van der Waals surface area contributed by atoms with E-state index in [1.807, 2.05) is 0 Å². The highest BCUT2D eigenvalue weighted by Gasteiger charge is 1.99. The minimum atomic E-state index is 0.358. The summed E-state index contributed by atoms with van der Waals surface area (Å²) in [5, 5.41) is 8.66. The van der Waals surface area contributed by atoms with E-state index in [4.69, 9.17) is 5.11 Å². The van der Waals surface area contributed by atoms with Gasteiger partial charge < -0.3 is 5.11 Å². The topological polar surface area (TPSA) is 29.0 Å². The van der Waals surface area contributed by atoms with Crippen molar-refractivity contribution >= 4 is 0 Å². The molecule has 1 rings (SSSR count). The van der Waals surface area contributed by atoms with E-state index in [-0.39, 0.29) is 0 Å². The van der Waals surface area contributed by atoms with Gasteiger partial charge in [-0.2, -0.15) is 0 Å². The fourth-order valence-corrected chi connectivity index (χ4v) is 2.28. The molecule has 0 aromatic carbocycles. The van der Waals surface area contributed by atoms with Crippen molar-refractivity contribution in [1.82, 2.24) is 4.57 Å². The van der Waals surface area contributed by atoms with Gasteiger partial charge in [0.25, 0.3) is 0 Å². The second kappa shape index (κ2) is 10.1. The Morgan fingerprint density at radius 1 is 0.889 bits per heavy atom. The summed E-state index contributed by atoms with van der Waals surface area (Å²) in [5.74, 6) is 0. The molecule has 1 heterocycles. The number of hydrogen-bond donors (Lipinski definition) is 1. The van der Waals surface area contributed by atoms with Crippen molar-refractivity contribution in [2.24, 2.45) is 7.05 Å². The number of imidazole rings is 1. The third kappa shape index (κ3) is 7.49. The van der Waals surface area contributed by atoms with Crippen LogP contribution in [0.15, 0.2) is 18.7 Å². The summed E-state index contributed by atoms with van der Waals surface area (Å²) in [5.41, 5.74) is 0. The first-order valence-corrected chi connectivity index (χ1v) is 7.45. The van der Waals surface area contributed by atoms with Gasteiger partial charge in [0.05, 0.1) is 13.6 Å². The number of nitrogens with zero attached hydrogens (tertiary/aromatic N) is 2. The summed E-state index contributed by atoms with van der Waals surface area (Å²) in [6.45, 7) is 1.51. The molecule has 3 heteroatoms. The summed E-state index contributed by atoms with van der Waals surface area (Å²) in [6.07, 6.45) is 17.9. The predicted octanol–water partition coefficient (Wildman–Crippen LogP) is 2.82. The Morgan fingerprint density at radius 2 is 1.44 bits per heavy atom. The SMILES string of the molecule is C[n+]1ccn(CCCCCCCCCCCO)c1. The number of unbranched alkanes of at least 4 members (excludes halogenated alkanes) is 8. The molecule has 0 fully saturated rings. The van der Waals surface area contributed by atoms with Crippen molar-refractivity contribution in [3.8, 4) is 0 Å². The number of aliphatic hydroxyl groups is 1. The van der Waals surface area contributed by atoms with Gasteiger partial charge in [0.1, 0.15) is 12.4 Å². The van der Waals surface area contributed by atoms with Gasteiger partial charge >= 0.3 is 0 Å². The molecular weight excluding hydrogens is 224 g/mol. The van der Waals surface area contributed by atoms with Crippen LogP contribution in [0.3, 0.4) is 0 Å². The smallest absolute Gasteiger partial charge is 0.243 e. The molecule has 0 aliphatic carbocycles. The van der Waals surface area contributed by atoms with Crippen LogP contribution in [-0.4, -0.2) is 16.3 Å². The maximum absolute atomic E-state index is 8.66. The van der Waals surface area contributed by atoms with Crippen molar-refractivity contribution in [2.75, 3.05) is 6.61 Å². The van der Waals surface area contributed by atoms with E-state index in [1.54, 1.807) is 0 Å². The zero-order valence-electron chi connectivity index (χ0n) is 11.9. The van der Waals surface area contributed by atoms with E-state index < -0.39 is 0 Å². The molecule has 0 aliphatic heterocycles. The number of aryl methyl sites for hydroxylation is 2. The van der Waals surface area contributed by atoms with Gasteiger partial charge in [0.15, 0.2) is 0 Å². The van der Waals surface area contributed by atoms with Crippen LogP contribution >= 0.6 is 0 Å². The second-order valence-corrected chi connectivity index (χ2v) is 5.22. The molecule has 0 saturated heterocycles. The molecular formula is C15H29N2O+. The molecule has 0 amide bonds. The van der Waals surface area contributed by atoms with Crippen LogP contribution in [0.5, 0.6) is 0 Å². The van der Waals surface area contributed by atoms with E-state index >= 15 is 0 Å². The standard InChI is InChI=1S/C15H29N2O/c1-16-12-13-17(15-16)11-9-7-5-3-2-4-6-8-10-14-18/h12-13,15,18H,2-11,14H2,1H3/q+1. The van der Waals surface area contributed by atoms with Gasteiger partial charge in [0, 0.05) is 6.61 Å². The van der Waals surface area contributed by atoms with Gasteiger partial charge in [-0.3, -0.25) is 0 Å². The molecule has 1 aromatic rings. The Labute approximate surface area is 111 Å². The Bertz CT molecular complexity index is 296. The second-order valence-electron chi connectivity index (χ2n) is 5.22. The molecule has 104 valence electrons. The Morgan fingerprint density at radius 3 is 1.94 bits per heavy atom. The minimum Gasteiger partial charge on any atom is -0.396 e. The van der Waals surface area contributed by atoms with Gasteiger partial charge in [-0.05, 0) is 19.3 Å². The van der Waals surface area contributed by atoms with Crippen LogP contribution in [0, 0.1) is 0 Å². The maximum Gasteiger partial charge on any atom is 0.243 e. The first kappa shape index (κ1) is 15.2. The lowest BCUT2D eigenvalue weighted by Gasteiger charge is -2.01. The maximum atomic E-state index is 8.66. The van der Waals surface area contributed by atoms with E-state index in [0.717, 1.165) is 13.0 Å². The monoisotopic (exact) mass is 253 g/mol. The minimum absolute atomic E-state index is 0.358. The van der Waals surface area contributed by atoms with Gasteiger partial charge in [-0.1, -0.05) is 38.5 Å². The van der Waals surface area contributed by atoms with Crippen molar-refractivity contribution in [3.63, 3.8) is 0 Å². The third-order valence-electron chi connectivity index (χ3n) is 3.40. The summed E-state index contributed by atoms with van der Waals surface area (Å²) in [4.78, 5) is 0. The first-order chi connectivity index (χ1) is 8.83. The predicted molar refractivity (Wildman–Crippen MR) is 74.2 cm³/mol. The van der Waals surface area contributed by atoms with E-state index in [0.29, 0.717) is 6.61 Å². The summed E-state index contributed by atoms with van der Waals surface area (Å²) in [7, 11) is 2.06. The van der Waals surface area contributed by atoms with Crippen molar-refractivity contribution < 1.29 is 9.67 Å². The van der Waals surface area contributed by atoms with Crippen LogP contribution in [0.1, 0.15) is 57.8 Å². The normalized spacial score (nSPS) is 11.0. The molecule has 1 N–H and O–H groups in total. The average Bonchev–Trinajstić information content (AvgIpc) is 2.77. The number of hydrogen-bond acceptors (Lipinski definition) is 1. The molecule has 0 bridgehead atoms. The van der Waals surface area contributed by atoms with E-state index in [9.17, 15) is 0 Å².